The highest BCUT2D eigenvalue weighted by molar-refractivity contribution is 5.95. The quantitative estimate of drug-likeness (QED) is 0.864. The molecule has 1 amide bonds. The van der Waals surface area contributed by atoms with Crippen molar-refractivity contribution in [3.63, 3.8) is 0 Å². The maximum absolute atomic E-state index is 12.9. The van der Waals surface area contributed by atoms with Gasteiger partial charge in [0.2, 0.25) is 0 Å². The number of carbonyl (C=O) groups excluding carboxylic acids is 1. The molecule has 2 aromatic carbocycles. The first-order valence-corrected chi connectivity index (χ1v) is 9.06. The molecule has 0 bridgehead atoms. The fourth-order valence-electron chi connectivity index (χ4n) is 3.43. The smallest absolute Gasteiger partial charge is 0.254 e. The molecule has 138 valence electrons. The van der Waals surface area contributed by atoms with Crippen LogP contribution in [-0.4, -0.2) is 46.8 Å². The molecule has 0 unspecified atom stereocenters. The molecule has 3 rings (SSSR count). The molecule has 26 heavy (non-hydrogen) atoms. The van der Waals surface area contributed by atoms with E-state index in [2.05, 4.69) is 0 Å². The van der Waals surface area contributed by atoms with Crippen LogP contribution in [0.3, 0.4) is 0 Å². The molecular formula is C21H25NO4. The molecular weight excluding hydrogens is 330 g/mol. The van der Waals surface area contributed by atoms with E-state index >= 15 is 0 Å². The molecule has 2 aromatic rings. The maximum Gasteiger partial charge on any atom is 0.254 e. The number of aromatic hydroxyl groups is 1. The summed E-state index contributed by atoms with van der Waals surface area (Å²) in [6.07, 6.45) is 1.77. The van der Waals surface area contributed by atoms with Gasteiger partial charge in [-0.2, -0.15) is 0 Å². The van der Waals surface area contributed by atoms with Crippen molar-refractivity contribution in [1.82, 2.24) is 4.90 Å². The topological polar surface area (TPSA) is 70.0 Å². The number of hydrogen-bond acceptors (Lipinski definition) is 4. The molecule has 5 nitrogen and oxygen atoms in total. The van der Waals surface area contributed by atoms with Gasteiger partial charge in [0.15, 0.2) is 0 Å². The van der Waals surface area contributed by atoms with Gasteiger partial charge in [-0.25, -0.2) is 0 Å². The normalized spacial score (nSPS) is 15.0. The second-order valence-corrected chi connectivity index (χ2v) is 6.51. The second-order valence-electron chi connectivity index (χ2n) is 6.51. The van der Waals surface area contributed by atoms with E-state index in [-0.39, 0.29) is 24.3 Å². The molecule has 1 heterocycles. The summed E-state index contributed by atoms with van der Waals surface area (Å²) in [7, 11) is 0. The average molecular weight is 355 g/mol. The minimum atomic E-state index is -0.215. The summed E-state index contributed by atoms with van der Waals surface area (Å²) in [5.74, 6) is 0.130. The highest BCUT2D eigenvalue weighted by atomic mass is 16.5. The van der Waals surface area contributed by atoms with Crippen LogP contribution in [0, 0.1) is 0 Å². The molecule has 0 radical (unpaired) electrons. The summed E-state index contributed by atoms with van der Waals surface area (Å²) in [4.78, 5) is 14.8. The number of hydrogen-bond donors (Lipinski definition) is 2. The molecule has 0 spiro atoms. The van der Waals surface area contributed by atoms with Crippen molar-refractivity contribution in [1.29, 1.82) is 0 Å². The first-order valence-electron chi connectivity index (χ1n) is 9.06. The summed E-state index contributed by atoms with van der Waals surface area (Å²) in [5, 5.41) is 19.0. The van der Waals surface area contributed by atoms with E-state index in [4.69, 9.17) is 4.74 Å². The van der Waals surface area contributed by atoms with Crippen LogP contribution in [0.4, 0.5) is 0 Å². The Balaban J connectivity index is 1.79. The molecule has 1 aliphatic rings. The molecule has 5 heteroatoms. The SMILES string of the molecule is CCN(C(=O)c1ccc(-c2ccc(O)c(CO)c2)cc1)C1CCOCC1. The van der Waals surface area contributed by atoms with E-state index in [0.29, 0.717) is 30.9 Å². The number of amides is 1. The third-order valence-electron chi connectivity index (χ3n) is 4.95. The lowest BCUT2D eigenvalue weighted by Crippen LogP contribution is -2.43. The van der Waals surface area contributed by atoms with E-state index in [1.54, 1.807) is 18.2 Å². The molecule has 1 fully saturated rings. The van der Waals surface area contributed by atoms with Gasteiger partial charge in [0, 0.05) is 36.9 Å². The Morgan fingerprint density at radius 2 is 1.77 bits per heavy atom. The van der Waals surface area contributed by atoms with Gasteiger partial charge in [-0.1, -0.05) is 18.2 Å². The van der Waals surface area contributed by atoms with Crippen LogP contribution in [0.2, 0.25) is 0 Å². The van der Waals surface area contributed by atoms with Crippen LogP contribution in [0.25, 0.3) is 11.1 Å². The first kappa shape index (κ1) is 18.4. The Morgan fingerprint density at radius 3 is 2.38 bits per heavy atom. The number of nitrogens with zero attached hydrogens (tertiary/aromatic N) is 1. The first-order chi connectivity index (χ1) is 12.6. The maximum atomic E-state index is 12.9. The van der Waals surface area contributed by atoms with E-state index in [1.165, 1.54) is 0 Å². The standard InChI is InChI=1S/C21H25NO4/c1-2-22(19-9-11-26-12-10-19)21(25)16-5-3-15(4-6-16)17-7-8-20(24)18(13-17)14-23/h3-8,13,19,23-24H,2,9-12,14H2,1H3. The zero-order valence-electron chi connectivity index (χ0n) is 15.0. The largest absolute Gasteiger partial charge is 0.508 e. The Kier molecular flexibility index (Phi) is 5.91. The molecule has 2 N–H and O–H groups in total. The number of rotatable bonds is 5. The van der Waals surface area contributed by atoms with Crippen LogP contribution in [0.1, 0.15) is 35.7 Å². The minimum absolute atomic E-state index is 0.0488. The Morgan fingerprint density at radius 1 is 1.12 bits per heavy atom. The minimum Gasteiger partial charge on any atom is -0.508 e. The van der Waals surface area contributed by atoms with Crippen LogP contribution in [-0.2, 0) is 11.3 Å². The van der Waals surface area contributed by atoms with Crippen LogP contribution < -0.4 is 0 Å². The molecule has 0 saturated carbocycles. The number of ether oxygens (including phenoxy) is 1. The van der Waals surface area contributed by atoms with Gasteiger partial charge in [-0.05, 0) is 55.2 Å². The second kappa shape index (κ2) is 8.34. The molecule has 0 atom stereocenters. The van der Waals surface area contributed by atoms with E-state index < -0.39 is 0 Å². The van der Waals surface area contributed by atoms with Gasteiger partial charge in [0.25, 0.3) is 5.91 Å². The van der Waals surface area contributed by atoms with Gasteiger partial charge >= 0.3 is 0 Å². The third kappa shape index (κ3) is 3.89. The number of phenols is 1. The van der Waals surface area contributed by atoms with Crippen LogP contribution in [0.5, 0.6) is 5.75 Å². The predicted molar refractivity (Wildman–Crippen MR) is 100 cm³/mol. The number of aliphatic hydroxyl groups is 1. The van der Waals surface area contributed by atoms with Crippen LogP contribution in [0.15, 0.2) is 42.5 Å². The van der Waals surface area contributed by atoms with Gasteiger partial charge in [0.1, 0.15) is 5.75 Å². The zero-order chi connectivity index (χ0) is 18.5. The molecule has 1 saturated heterocycles. The fourth-order valence-corrected chi connectivity index (χ4v) is 3.43. The summed E-state index contributed by atoms with van der Waals surface area (Å²) >= 11 is 0. The Hall–Kier alpha value is -2.37. The zero-order valence-corrected chi connectivity index (χ0v) is 15.0. The van der Waals surface area contributed by atoms with Gasteiger partial charge in [-0.3, -0.25) is 4.79 Å². The fraction of sp³-hybridized carbons (Fsp3) is 0.381. The summed E-state index contributed by atoms with van der Waals surface area (Å²) in [5.41, 5.74) is 2.98. The third-order valence-corrected chi connectivity index (χ3v) is 4.95. The number of benzene rings is 2. The van der Waals surface area contributed by atoms with Crippen LogP contribution >= 0.6 is 0 Å². The average Bonchev–Trinajstić information content (AvgIpc) is 2.70. The van der Waals surface area contributed by atoms with E-state index in [1.807, 2.05) is 36.1 Å². The summed E-state index contributed by atoms with van der Waals surface area (Å²) in [6.45, 7) is 3.90. The lowest BCUT2D eigenvalue weighted by Gasteiger charge is -2.33. The highest BCUT2D eigenvalue weighted by Gasteiger charge is 2.25. The summed E-state index contributed by atoms with van der Waals surface area (Å²) < 4.78 is 5.40. The molecule has 0 aliphatic carbocycles. The van der Waals surface area contributed by atoms with Crippen molar-refractivity contribution < 1.29 is 19.7 Å². The van der Waals surface area contributed by atoms with Gasteiger partial charge in [0.05, 0.1) is 6.61 Å². The van der Waals surface area contributed by atoms with Crippen molar-refractivity contribution in [2.45, 2.75) is 32.4 Å². The summed E-state index contributed by atoms with van der Waals surface area (Å²) in [6, 6.07) is 12.8. The van der Waals surface area contributed by atoms with E-state index in [0.717, 1.165) is 24.0 Å². The molecule has 1 aliphatic heterocycles. The van der Waals surface area contributed by atoms with E-state index in [9.17, 15) is 15.0 Å². The van der Waals surface area contributed by atoms with Gasteiger partial charge < -0.3 is 19.8 Å². The van der Waals surface area contributed by atoms with Crippen molar-refractivity contribution >= 4 is 5.91 Å². The van der Waals surface area contributed by atoms with Crippen molar-refractivity contribution in [3.05, 3.63) is 53.6 Å². The lowest BCUT2D eigenvalue weighted by atomic mass is 10.0. The molecule has 0 aromatic heterocycles. The lowest BCUT2D eigenvalue weighted by molar-refractivity contribution is 0.0305. The van der Waals surface area contributed by atoms with Gasteiger partial charge in [-0.15, -0.1) is 0 Å². The van der Waals surface area contributed by atoms with Crippen molar-refractivity contribution in [2.24, 2.45) is 0 Å². The predicted octanol–water partition coefficient (Wildman–Crippen LogP) is 3.19. The highest BCUT2D eigenvalue weighted by Crippen LogP contribution is 2.27. The Labute approximate surface area is 153 Å². The Bertz CT molecular complexity index is 751. The monoisotopic (exact) mass is 355 g/mol. The van der Waals surface area contributed by atoms with Crippen molar-refractivity contribution in [2.75, 3.05) is 19.8 Å². The number of aliphatic hydroxyl groups excluding tert-OH is 1. The van der Waals surface area contributed by atoms with Crippen molar-refractivity contribution in [3.8, 4) is 16.9 Å². The number of carbonyl (C=O) groups is 1.